The SMILES string of the molecule is c1ccc(C2CCN(CC3CNC3)C2)cc1. The summed E-state index contributed by atoms with van der Waals surface area (Å²) in [5.41, 5.74) is 1.52. The van der Waals surface area contributed by atoms with E-state index in [-0.39, 0.29) is 0 Å². The average molecular weight is 216 g/mol. The van der Waals surface area contributed by atoms with Crippen molar-refractivity contribution in [3.8, 4) is 0 Å². The summed E-state index contributed by atoms with van der Waals surface area (Å²) in [5.74, 6) is 1.68. The van der Waals surface area contributed by atoms with Crippen LogP contribution in [-0.4, -0.2) is 37.6 Å². The maximum Gasteiger partial charge on any atom is 0.00509 e. The molecule has 2 aliphatic rings. The standard InChI is InChI=1S/C14H20N2/c1-2-4-13(5-3-1)14-6-7-16(11-14)10-12-8-15-9-12/h1-5,12,14-15H,6-11H2. The zero-order chi connectivity index (χ0) is 10.8. The molecule has 1 aromatic carbocycles. The number of rotatable bonds is 3. The summed E-state index contributed by atoms with van der Waals surface area (Å²) in [6.07, 6.45) is 1.34. The van der Waals surface area contributed by atoms with Crippen LogP contribution in [0.25, 0.3) is 0 Å². The van der Waals surface area contributed by atoms with Crippen LogP contribution in [0.15, 0.2) is 30.3 Å². The molecule has 1 N–H and O–H groups in total. The molecule has 0 radical (unpaired) electrons. The highest BCUT2D eigenvalue weighted by Gasteiger charge is 2.27. The lowest BCUT2D eigenvalue weighted by Crippen LogP contribution is -2.47. The summed E-state index contributed by atoms with van der Waals surface area (Å²) in [4.78, 5) is 2.64. The number of likely N-dealkylation sites (tertiary alicyclic amines) is 1. The van der Waals surface area contributed by atoms with E-state index in [1.807, 2.05) is 0 Å². The Morgan fingerprint density at radius 2 is 2.00 bits per heavy atom. The van der Waals surface area contributed by atoms with Gasteiger partial charge in [-0.2, -0.15) is 0 Å². The molecule has 1 unspecified atom stereocenters. The molecule has 0 spiro atoms. The van der Waals surface area contributed by atoms with Crippen LogP contribution in [0.1, 0.15) is 17.9 Å². The van der Waals surface area contributed by atoms with Crippen LogP contribution in [0.3, 0.4) is 0 Å². The number of benzene rings is 1. The lowest BCUT2D eigenvalue weighted by atomic mass is 9.98. The molecule has 2 fully saturated rings. The van der Waals surface area contributed by atoms with Crippen molar-refractivity contribution in [1.82, 2.24) is 10.2 Å². The lowest BCUT2D eigenvalue weighted by Gasteiger charge is -2.31. The Hall–Kier alpha value is -0.860. The van der Waals surface area contributed by atoms with E-state index in [1.54, 1.807) is 0 Å². The Morgan fingerprint density at radius 1 is 1.19 bits per heavy atom. The average Bonchev–Trinajstić information content (AvgIpc) is 2.73. The second-order valence-electron chi connectivity index (χ2n) is 5.18. The minimum atomic E-state index is 0.772. The Morgan fingerprint density at radius 3 is 2.69 bits per heavy atom. The van der Waals surface area contributed by atoms with Gasteiger partial charge < -0.3 is 10.2 Å². The molecule has 0 bridgehead atoms. The lowest BCUT2D eigenvalue weighted by molar-refractivity contribution is 0.222. The highest BCUT2D eigenvalue weighted by Crippen LogP contribution is 2.27. The predicted molar refractivity (Wildman–Crippen MR) is 66.6 cm³/mol. The fraction of sp³-hybridized carbons (Fsp3) is 0.571. The number of hydrogen-bond acceptors (Lipinski definition) is 2. The summed E-state index contributed by atoms with van der Waals surface area (Å²) in [6.45, 7) is 6.31. The van der Waals surface area contributed by atoms with Crippen molar-refractivity contribution in [2.75, 3.05) is 32.7 Å². The van der Waals surface area contributed by atoms with E-state index in [4.69, 9.17) is 0 Å². The van der Waals surface area contributed by atoms with Crippen molar-refractivity contribution in [1.29, 1.82) is 0 Å². The van der Waals surface area contributed by atoms with Gasteiger partial charge in [0.2, 0.25) is 0 Å². The third kappa shape index (κ3) is 2.13. The van der Waals surface area contributed by atoms with E-state index in [0.29, 0.717) is 0 Å². The second kappa shape index (κ2) is 4.56. The normalized spacial score (nSPS) is 26.9. The maximum atomic E-state index is 3.35. The van der Waals surface area contributed by atoms with Crippen molar-refractivity contribution in [3.63, 3.8) is 0 Å². The van der Waals surface area contributed by atoms with Crippen molar-refractivity contribution >= 4 is 0 Å². The minimum Gasteiger partial charge on any atom is -0.316 e. The third-order valence-corrected chi connectivity index (χ3v) is 3.93. The molecule has 3 rings (SSSR count). The van der Waals surface area contributed by atoms with Gasteiger partial charge in [-0.3, -0.25) is 0 Å². The van der Waals surface area contributed by atoms with Gasteiger partial charge in [0.05, 0.1) is 0 Å². The monoisotopic (exact) mass is 216 g/mol. The van der Waals surface area contributed by atoms with Gasteiger partial charge >= 0.3 is 0 Å². The van der Waals surface area contributed by atoms with Crippen LogP contribution < -0.4 is 5.32 Å². The highest BCUT2D eigenvalue weighted by molar-refractivity contribution is 5.21. The number of hydrogen-bond donors (Lipinski definition) is 1. The third-order valence-electron chi connectivity index (χ3n) is 3.93. The van der Waals surface area contributed by atoms with Crippen LogP contribution in [0.4, 0.5) is 0 Å². The van der Waals surface area contributed by atoms with Crippen molar-refractivity contribution in [2.45, 2.75) is 12.3 Å². The van der Waals surface area contributed by atoms with Crippen LogP contribution >= 0.6 is 0 Å². The molecule has 16 heavy (non-hydrogen) atoms. The largest absolute Gasteiger partial charge is 0.316 e. The zero-order valence-electron chi connectivity index (χ0n) is 9.73. The Balaban J connectivity index is 1.56. The molecular weight excluding hydrogens is 196 g/mol. The molecule has 2 aliphatic heterocycles. The first-order valence-electron chi connectivity index (χ1n) is 6.40. The molecule has 0 aliphatic carbocycles. The first-order valence-corrected chi connectivity index (χ1v) is 6.40. The molecule has 86 valence electrons. The van der Waals surface area contributed by atoms with Crippen molar-refractivity contribution in [2.24, 2.45) is 5.92 Å². The van der Waals surface area contributed by atoms with E-state index in [9.17, 15) is 0 Å². The minimum absolute atomic E-state index is 0.772. The van der Waals surface area contributed by atoms with Gasteiger partial charge in [0.25, 0.3) is 0 Å². The Bertz CT molecular complexity index is 332. The van der Waals surface area contributed by atoms with E-state index >= 15 is 0 Å². The van der Waals surface area contributed by atoms with Crippen molar-refractivity contribution < 1.29 is 0 Å². The van der Waals surface area contributed by atoms with Gasteiger partial charge in [-0.15, -0.1) is 0 Å². The van der Waals surface area contributed by atoms with Gasteiger partial charge in [0, 0.05) is 26.2 Å². The predicted octanol–water partition coefficient (Wildman–Crippen LogP) is 1.70. The van der Waals surface area contributed by atoms with Crippen molar-refractivity contribution in [3.05, 3.63) is 35.9 Å². The summed E-state index contributed by atoms with van der Waals surface area (Å²) >= 11 is 0. The van der Waals surface area contributed by atoms with Gasteiger partial charge in [0.15, 0.2) is 0 Å². The molecule has 0 amide bonds. The number of nitrogens with zero attached hydrogens (tertiary/aromatic N) is 1. The summed E-state index contributed by atoms with van der Waals surface area (Å²) in [5, 5.41) is 3.35. The van der Waals surface area contributed by atoms with Gasteiger partial charge in [-0.25, -0.2) is 0 Å². The topological polar surface area (TPSA) is 15.3 Å². The zero-order valence-corrected chi connectivity index (χ0v) is 9.73. The highest BCUT2D eigenvalue weighted by atomic mass is 15.2. The maximum absolute atomic E-state index is 3.35. The van der Waals surface area contributed by atoms with E-state index in [1.165, 1.54) is 44.7 Å². The first-order chi connectivity index (χ1) is 7.92. The molecule has 2 heterocycles. The fourth-order valence-corrected chi connectivity index (χ4v) is 2.84. The molecular formula is C14H20N2. The van der Waals surface area contributed by atoms with E-state index < -0.39 is 0 Å². The molecule has 1 aromatic rings. The molecule has 2 heteroatoms. The van der Waals surface area contributed by atoms with Crippen LogP contribution in [0, 0.1) is 5.92 Å². The molecule has 0 aromatic heterocycles. The summed E-state index contributed by atoms with van der Waals surface area (Å²) in [7, 11) is 0. The summed E-state index contributed by atoms with van der Waals surface area (Å²) in [6, 6.07) is 11.0. The molecule has 2 nitrogen and oxygen atoms in total. The van der Waals surface area contributed by atoms with Gasteiger partial charge in [-0.1, -0.05) is 30.3 Å². The summed E-state index contributed by atoms with van der Waals surface area (Å²) < 4.78 is 0. The quantitative estimate of drug-likeness (QED) is 0.827. The van der Waals surface area contributed by atoms with Crippen LogP contribution in [0.2, 0.25) is 0 Å². The van der Waals surface area contributed by atoms with Gasteiger partial charge in [-0.05, 0) is 30.4 Å². The number of nitrogens with one attached hydrogen (secondary N) is 1. The van der Waals surface area contributed by atoms with Crippen LogP contribution in [0.5, 0.6) is 0 Å². The fourth-order valence-electron chi connectivity index (χ4n) is 2.84. The molecule has 2 saturated heterocycles. The smallest absolute Gasteiger partial charge is 0.00509 e. The molecule has 1 atom stereocenters. The van der Waals surface area contributed by atoms with E-state index in [2.05, 4.69) is 40.5 Å². The molecule has 0 saturated carbocycles. The first kappa shape index (κ1) is 10.3. The second-order valence-corrected chi connectivity index (χ2v) is 5.18. The van der Waals surface area contributed by atoms with E-state index in [0.717, 1.165) is 11.8 Å². The Labute approximate surface area is 97.6 Å². The Kier molecular flexibility index (Phi) is 2.94. The van der Waals surface area contributed by atoms with Gasteiger partial charge in [0.1, 0.15) is 0 Å². The van der Waals surface area contributed by atoms with Crippen LogP contribution in [-0.2, 0) is 0 Å².